The molecule has 0 aromatic heterocycles. The van der Waals surface area contributed by atoms with Gasteiger partial charge in [-0.2, -0.15) is 0 Å². The van der Waals surface area contributed by atoms with Gasteiger partial charge in [0.05, 0.1) is 5.92 Å². The zero-order chi connectivity index (χ0) is 14.5. The van der Waals surface area contributed by atoms with Crippen LogP contribution in [0.4, 0.5) is 0 Å². The number of benzene rings is 1. The van der Waals surface area contributed by atoms with E-state index in [1.54, 1.807) is 0 Å². The number of carboxylic acids is 1. The molecule has 1 amide bonds. The van der Waals surface area contributed by atoms with Gasteiger partial charge in [-0.25, -0.2) is 0 Å². The van der Waals surface area contributed by atoms with E-state index in [0.717, 1.165) is 22.9 Å². The maximum atomic E-state index is 11.9. The normalized spacial score (nSPS) is 21.6. The fraction of sp³-hybridized carbons (Fsp3) is 0.467. The predicted octanol–water partition coefficient (Wildman–Crippen LogP) is 2.75. The van der Waals surface area contributed by atoms with Crippen LogP contribution in [0.5, 0.6) is 0 Å². The lowest BCUT2D eigenvalue weighted by Crippen LogP contribution is -2.40. The maximum absolute atomic E-state index is 11.9. The van der Waals surface area contributed by atoms with Crippen molar-refractivity contribution >= 4 is 27.8 Å². The van der Waals surface area contributed by atoms with Crippen LogP contribution in [0.2, 0.25) is 0 Å². The van der Waals surface area contributed by atoms with Gasteiger partial charge in [-0.05, 0) is 37.0 Å². The highest BCUT2D eigenvalue weighted by atomic mass is 79.9. The van der Waals surface area contributed by atoms with Crippen LogP contribution in [0.25, 0.3) is 0 Å². The van der Waals surface area contributed by atoms with Crippen molar-refractivity contribution in [3.8, 4) is 0 Å². The molecule has 0 saturated heterocycles. The van der Waals surface area contributed by atoms with E-state index in [2.05, 4.69) is 21.2 Å². The predicted molar refractivity (Wildman–Crippen MR) is 79.4 cm³/mol. The molecule has 0 aliphatic heterocycles. The molecule has 20 heavy (non-hydrogen) atoms. The summed E-state index contributed by atoms with van der Waals surface area (Å²) in [6, 6.07) is 7.65. The van der Waals surface area contributed by atoms with Gasteiger partial charge < -0.3 is 10.4 Å². The molecular formula is C15H18BrNO3. The number of aliphatic carboxylic acids is 1. The fourth-order valence-electron chi connectivity index (χ4n) is 2.62. The highest BCUT2D eigenvalue weighted by Gasteiger charge is 2.33. The lowest BCUT2D eigenvalue weighted by Gasteiger charge is -2.17. The zero-order valence-corrected chi connectivity index (χ0v) is 12.7. The second-order valence-corrected chi connectivity index (χ2v) is 6.09. The van der Waals surface area contributed by atoms with E-state index >= 15 is 0 Å². The topological polar surface area (TPSA) is 66.4 Å². The number of hydrogen-bond donors (Lipinski definition) is 2. The minimum Gasteiger partial charge on any atom is -0.481 e. The molecule has 2 unspecified atom stereocenters. The van der Waals surface area contributed by atoms with Crippen molar-refractivity contribution in [2.75, 3.05) is 0 Å². The monoisotopic (exact) mass is 339 g/mol. The van der Waals surface area contributed by atoms with Gasteiger partial charge in [0.1, 0.15) is 0 Å². The Labute approximate surface area is 126 Å². The van der Waals surface area contributed by atoms with Crippen LogP contribution in [0.1, 0.15) is 31.2 Å². The fourth-order valence-corrected chi connectivity index (χ4v) is 2.88. The first-order valence-electron chi connectivity index (χ1n) is 6.83. The second-order valence-electron chi connectivity index (χ2n) is 5.18. The smallest absolute Gasteiger partial charge is 0.308 e. The summed E-state index contributed by atoms with van der Waals surface area (Å²) in [6.07, 6.45) is 3.36. The average molecular weight is 340 g/mol. The largest absolute Gasteiger partial charge is 0.481 e. The Morgan fingerprint density at radius 2 is 1.95 bits per heavy atom. The standard InChI is InChI=1S/C15H18BrNO3/c16-11-7-4-10(5-8-11)6-9-14(18)17-13-3-1-2-12(13)15(19)20/h4-5,7-8,12-13H,1-3,6,9H2,(H,17,18)(H,19,20). The van der Waals surface area contributed by atoms with Gasteiger partial charge in [0.2, 0.25) is 5.91 Å². The molecule has 4 nitrogen and oxygen atoms in total. The highest BCUT2D eigenvalue weighted by Crippen LogP contribution is 2.25. The molecule has 0 radical (unpaired) electrons. The van der Waals surface area contributed by atoms with Crippen LogP contribution in [0, 0.1) is 5.92 Å². The number of halogens is 1. The third-order valence-electron chi connectivity index (χ3n) is 3.73. The summed E-state index contributed by atoms with van der Waals surface area (Å²) >= 11 is 3.37. The van der Waals surface area contributed by atoms with Crippen LogP contribution < -0.4 is 5.32 Å². The van der Waals surface area contributed by atoms with Gasteiger partial charge in [0, 0.05) is 16.9 Å². The third-order valence-corrected chi connectivity index (χ3v) is 4.26. The lowest BCUT2D eigenvalue weighted by atomic mass is 10.0. The van der Waals surface area contributed by atoms with Crippen LogP contribution in [0.3, 0.4) is 0 Å². The summed E-state index contributed by atoms with van der Waals surface area (Å²) in [5.41, 5.74) is 1.10. The van der Waals surface area contributed by atoms with Gasteiger partial charge in [-0.15, -0.1) is 0 Å². The summed E-state index contributed by atoms with van der Waals surface area (Å²) in [7, 11) is 0. The number of hydrogen-bond acceptors (Lipinski definition) is 2. The molecule has 5 heteroatoms. The van der Waals surface area contributed by atoms with Crippen molar-refractivity contribution in [3.63, 3.8) is 0 Å². The SMILES string of the molecule is O=C(CCc1ccc(Br)cc1)NC1CCCC1C(=O)O. The number of aryl methyl sites for hydroxylation is 1. The molecule has 1 fully saturated rings. The first-order chi connectivity index (χ1) is 9.56. The molecular weight excluding hydrogens is 322 g/mol. The molecule has 0 heterocycles. The van der Waals surface area contributed by atoms with Crippen LogP contribution in [0.15, 0.2) is 28.7 Å². The van der Waals surface area contributed by atoms with Crippen molar-refractivity contribution in [2.24, 2.45) is 5.92 Å². The molecule has 1 aliphatic carbocycles. The van der Waals surface area contributed by atoms with Crippen molar-refractivity contribution < 1.29 is 14.7 Å². The number of carbonyl (C=O) groups excluding carboxylic acids is 1. The minimum absolute atomic E-state index is 0.0638. The number of carboxylic acid groups (broad SMARTS) is 1. The maximum Gasteiger partial charge on any atom is 0.308 e. The second kappa shape index (κ2) is 6.88. The van der Waals surface area contributed by atoms with Crippen LogP contribution >= 0.6 is 15.9 Å². The van der Waals surface area contributed by atoms with Crippen LogP contribution in [-0.4, -0.2) is 23.0 Å². The molecule has 108 valence electrons. The number of amides is 1. The Morgan fingerprint density at radius 3 is 2.60 bits per heavy atom. The van der Waals surface area contributed by atoms with E-state index in [4.69, 9.17) is 5.11 Å². The van der Waals surface area contributed by atoms with E-state index < -0.39 is 11.9 Å². The van der Waals surface area contributed by atoms with Crippen molar-refractivity contribution in [2.45, 2.75) is 38.1 Å². The molecule has 1 aromatic carbocycles. The minimum atomic E-state index is -0.805. The molecule has 1 aromatic rings. The molecule has 2 rings (SSSR count). The van der Waals surface area contributed by atoms with Crippen molar-refractivity contribution in [1.82, 2.24) is 5.32 Å². The Balaban J connectivity index is 1.80. The Hall–Kier alpha value is -1.36. The van der Waals surface area contributed by atoms with E-state index in [1.165, 1.54) is 0 Å². The summed E-state index contributed by atoms with van der Waals surface area (Å²) in [4.78, 5) is 22.9. The lowest BCUT2D eigenvalue weighted by molar-refractivity contribution is -0.142. The summed E-state index contributed by atoms with van der Waals surface area (Å²) in [5.74, 6) is -1.29. The van der Waals surface area contributed by atoms with Crippen molar-refractivity contribution in [1.29, 1.82) is 0 Å². The summed E-state index contributed by atoms with van der Waals surface area (Å²) in [5, 5.41) is 11.9. The molecule has 2 N–H and O–H groups in total. The third kappa shape index (κ3) is 4.07. The Bertz CT molecular complexity index is 486. The zero-order valence-electron chi connectivity index (χ0n) is 11.1. The van der Waals surface area contributed by atoms with Gasteiger partial charge >= 0.3 is 5.97 Å². The number of carbonyl (C=O) groups is 2. The first-order valence-corrected chi connectivity index (χ1v) is 7.62. The molecule has 0 bridgehead atoms. The van der Waals surface area contributed by atoms with Gasteiger partial charge in [-0.3, -0.25) is 9.59 Å². The number of rotatable bonds is 5. The van der Waals surface area contributed by atoms with Crippen LogP contribution in [-0.2, 0) is 16.0 Å². The first kappa shape index (κ1) is 15.0. The molecule has 0 spiro atoms. The molecule has 1 aliphatic rings. The van der Waals surface area contributed by atoms with Gasteiger partial charge in [-0.1, -0.05) is 34.5 Å². The quantitative estimate of drug-likeness (QED) is 0.866. The average Bonchev–Trinajstić information content (AvgIpc) is 2.86. The van der Waals surface area contributed by atoms with E-state index in [1.807, 2.05) is 24.3 Å². The van der Waals surface area contributed by atoms with E-state index in [-0.39, 0.29) is 11.9 Å². The Morgan fingerprint density at radius 1 is 1.25 bits per heavy atom. The summed E-state index contributed by atoms with van der Waals surface area (Å²) < 4.78 is 1.01. The van der Waals surface area contributed by atoms with Gasteiger partial charge in [0.25, 0.3) is 0 Å². The summed E-state index contributed by atoms with van der Waals surface area (Å²) in [6.45, 7) is 0. The molecule has 2 atom stereocenters. The highest BCUT2D eigenvalue weighted by molar-refractivity contribution is 9.10. The molecule has 1 saturated carbocycles. The van der Waals surface area contributed by atoms with E-state index in [0.29, 0.717) is 19.3 Å². The Kier molecular flexibility index (Phi) is 5.17. The van der Waals surface area contributed by atoms with Gasteiger partial charge in [0.15, 0.2) is 0 Å². The van der Waals surface area contributed by atoms with Crippen molar-refractivity contribution in [3.05, 3.63) is 34.3 Å². The number of nitrogens with one attached hydrogen (secondary N) is 1. The van der Waals surface area contributed by atoms with E-state index in [9.17, 15) is 9.59 Å².